The first-order valence-corrected chi connectivity index (χ1v) is 11.9. The molecule has 10 nitrogen and oxygen atoms in total. The number of ether oxygens (including phenoxy) is 3. The number of aromatic nitrogens is 4. The standard InChI is InChI=1S/C26H26F2N6O4/c1-13(2)26(35)33-17-11-38-6-5-16(17)32-21-8-18-14(10-29-21)7-15(25-30-12-31-34(18)25)22-23(27)19(36-3)9-20(37-4)24(22)28/h7-10,12,16-17H,1,5-6,11H2,2-4H3,(H,29,32)(H,33,35). The minimum absolute atomic E-state index is 0.144. The molecular formula is C26H26F2N6O4. The van der Waals surface area contributed by atoms with Gasteiger partial charge in [-0.25, -0.2) is 23.3 Å². The molecule has 0 radical (unpaired) electrons. The van der Waals surface area contributed by atoms with Crippen LogP contribution in [0.4, 0.5) is 14.6 Å². The monoisotopic (exact) mass is 524 g/mol. The molecule has 0 aliphatic carbocycles. The molecule has 1 amide bonds. The summed E-state index contributed by atoms with van der Waals surface area (Å²) in [7, 11) is 2.58. The third-order valence-corrected chi connectivity index (χ3v) is 6.47. The Hall–Kier alpha value is -4.32. The number of nitrogens with one attached hydrogen (secondary N) is 2. The van der Waals surface area contributed by atoms with Crippen LogP contribution < -0.4 is 20.1 Å². The van der Waals surface area contributed by atoms with Crippen molar-refractivity contribution in [3.05, 3.63) is 54.5 Å². The van der Waals surface area contributed by atoms with Crippen molar-refractivity contribution in [2.45, 2.75) is 25.4 Å². The van der Waals surface area contributed by atoms with Crippen LogP contribution in [0, 0.1) is 11.6 Å². The quantitative estimate of drug-likeness (QED) is 0.354. The molecule has 0 bridgehead atoms. The second-order valence-electron chi connectivity index (χ2n) is 8.94. The zero-order valence-electron chi connectivity index (χ0n) is 21.0. The second-order valence-corrected chi connectivity index (χ2v) is 8.94. The van der Waals surface area contributed by atoms with E-state index in [0.29, 0.717) is 41.9 Å². The van der Waals surface area contributed by atoms with Crippen molar-refractivity contribution < 1.29 is 27.8 Å². The van der Waals surface area contributed by atoms with Crippen LogP contribution in [0.3, 0.4) is 0 Å². The highest BCUT2D eigenvalue weighted by Crippen LogP contribution is 2.40. The van der Waals surface area contributed by atoms with Gasteiger partial charge < -0.3 is 24.8 Å². The number of nitrogens with zero attached hydrogens (tertiary/aromatic N) is 4. The zero-order valence-corrected chi connectivity index (χ0v) is 21.0. The number of fused-ring (bicyclic) bond motifs is 3. The molecular weight excluding hydrogens is 498 g/mol. The Kier molecular flexibility index (Phi) is 6.81. The van der Waals surface area contributed by atoms with Gasteiger partial charge in [-0.05, 0) is 19.4 Å². The van der Waals surface area contributed by atoms with E-state index < -0.39 is 11.6 Å². The SMILES string of the molecule is C=C(C)C(=O)NC1COCCC1Nc1cc2c(cn1)cc(-c1c(F)c(OC)cc(OC)c1F)c1ncnn12. The number of carbonyl (C=O) groups excluding carboxylic acids is 1. The molecule has 1 aromatic carbocycles. The predicted octanol–water partition coefficient (Wildman–Crippen LogP) is 3.50. The van der Waals surface area contributed by atoms with Gasteiger partial charge in [-0.15, -0.1) is 0 Å². The molecule has 2 unspecified atom stereocenters. The highest BCUT2D eigenvalue weighted by Gasteiger charge is 2.28. The van der Waals surface area contributed by atoms with Crippen molar-refractivity contribution in [2.75, 3.05) is 32.8 Å². The molecule has 1 fully saturated rings. The van der Waals surface area contributed by atoms with Crippen molar-refractivity contribution in [3.8, 4) is 22.6 Å². The fourth-order valence-corrected chi connectivity index (χ4v) is 4.49. The van der Waals surface area contributed by atoms with Crippen LogP contribution in [0.1, 0.15) is 13.3 Å². The molecule has 2 atom stereocenters. The van der Waals surface area contributed by atoms with E-state index in [0.717, 1.165) is 6.07 Å². The Morgan fingerprint density at radius 1 is 1.13 bits per heavy atom. The average Bonchev–Trinajstić information content (AvgIpc) is 3.41. The summed E-state index contributed by atoms with van der Waals surface area (Å²) < 4.78 is 47.9. The summed E-state index contributed by atoms with van der Waals surface area (Å²) in [5.74, 6) is -1.82. The van der Waals surface area contributed by atoms with Crippen molar-refractivity contribution in [1.29, 1.82) is 0 Å². The van der Waals surface area contributed by atoms with Crippen LogP contribution in [0.25, 0.3) is 27.7 Å². The van der Waals surface area contributed by atoms with Gasteiger partial charge in [-0.1, -0.05) is 6.58 Å². The minimum Gasteiger partial charge on any atom is -0.494 e. The molecule has 0 saturated carbocycles. The first kappa shape index (κ1) is 25.3. The Labute approximate surface area is 216 Å². The van der Waals surface area contributed by atoms with Gasteiger partial charge in [0.05, 0.1) is 44.0 Å². The molecule has 3 aromatic heterocycles. The summed E-state index contributed by atoms with van der Waals surface area (Å²) in [5.41, 5.74) is 1.08. The van der Waals surface area contributed by atoms with E-state index in [2.05, 4.69) is 32.3 Å². The van der Waals surface area contributed by atoms with Crippen LogP contribution in [0.2, 0.25) is 0 Å². The maximum Gasteiger partial charge on any atom is 0.246 e. The summed E-state index contributed by atoms with van der Waals surface area (Å²) in [4.78, 5) is 21.0. The Balaban J connectivity index is 1.56. The van der Waals surface area contributed by atoms with E-state index in [1.54, 1.807) is 25.3 Å². The third kappa shape index (κ3) is 4.47. The number of pyridine rings is 2. The third-order valence-electron chi connectivity index (χ3n) is 6.47. The van der Waals surface area contributed by atoms with Crippen LogP contribution in [-0.4, -0.2) is 65.0 Å². The van der Waals surface area contributed by atoms with E-state index in [9.17, 15) is 4.79 Å². The zero-order chi connectivity index (χ0) is 27.0. The molecule has 0 spiro atoms. The molecule has 1 aliphatic heterocycles. The Bertz CT molecular complexity index is 1530. The average molecular weight is 525 g/mol. The molecule has 4 heterocycles. The van der Waals surface area contributed by atoms with Crippen molar-refractivity contribution in [2.24, 2.45) is 0 Å². The van der Waals surface area contributed by atoms with Gasteiger partial charge in [-0.2, -0.15) is 5.10 Å². The van der Waals surface area contributed by atoms with Gasteiger partial charge in [0.25, 0.3) is 0 Å². The number of anilines is 1. The van der Waals surface area contributed by atoms with Crippen molar-refractivity contribution >= 4 is 28.3 Å². The Morgan fingerprint density at radius 3 is 2.55 bits per heavy atom. The molecule has 1 saturated heterocycles. The molecule has 198 valence electrons. The van der Waals surface area contributed by atoms with Crippen LogP contribution in [0.15, 0.2) is 42.9 Å². The van der Waals surface area contributed by atoms with Crippen LogP contribution in [0.5, 0.6) is 11.5 Å². The highest BCUT2D eigenvalue weighted by molar-refractivity contribution is 5.93. The second kappa shape index (κ2) is 10.2. The van der Waals surface area contributed by atoms with Crippen molar-refractivity contribution in [1.82, 2.24) is 24.9 Å². The first-order valence-electron chi connectivity index (χ1n) is 11.9. The maximum absolute atomic E-state index is 15.3. The lowest BCUT2D eigenvalue weighted by Gasteiger charge is -2.33. The van der Waals surface area contributed by atoms with E-state index in [4.69, 9.17) is 14.2 Å². The lowest BCUT2D eigenvalue weighted by atomic mass is 10.0. The number of methoxy groups -OCH3 is 2. The summed E-state index contributed by atoms with van der Waals surface area (Å²) in [6.45, 7) is 6.21. The number of benzene rings is 1. The first-order chi connectivity index (χ1) is 18.3. The summed E-state index contributed by atoms with van der Waals surface area (Å²) in [6, 6.07) is 4.09. The van der Waals surface area contributed by atoms with Gasteiger partial charge in [0.1, 0.15) is 12.1 Å². The summed E-state index contributed by atoms with van der Waals surface area (Å²) in [6.07, 6.45) is 3.53. The number of hydrogen-bond donors (Lipinski definition) is 2. The summed E-state index contributed by atoms with van der Waals surface area (Å²) in [5, 5.41) is 11.2. The smallest absolute Gasteiger partial charge is 0.246 e. The number of rotatable bonds is 7. The van der Waals surface area contributed by atoms with Gasteiger partial charge in [0, 0.05) is 41.5 Å². The number of amides is 1. The Morgan fingerprint density at radius 2 is 1.87 bits per heavy atom. The summed E-state index contributed by atoms with van der Waals surface area (Å²) >= 11 is 0. The lowest BCUT2D eigenvalue weighted by Crippen LogP contribution is -2.52. The van der Waals surface area contributed by atoms with Crippen molar-refractivity contribution in [3.63, 3.8) is 0 Å². The highest BCUT2D eigenvalue weighted by atomic mass is 19.1. The number of carbonyl (C=O) groups is 1. The molecule has 12 heteroatoms. The molecule has 38 heavy (non-hydrogen) atoms. The van der Waals surface area contributed by atoms with E-state index in [-0.39, 0.29) is 46.3 Å². The predicted molar refractivity (Wildman–Crippen MR) is 136 cm³/mol. The number of hydrogen-bond acceptors (Lipinski definition) is 8. The van der Waals surface area contributed by atoms with Gasteiger partial charge in [0.15, 0.2) is 28.8 Å². The number of halogens is 2. The fraction of sp³-hybridized carbons (Fsp3) is 0.308. The lowest BCUT2D eigenvalue weighted by molar-refractivity contribution is -0.119. The van der Waals surface area contributed by atoms with Gasteiger partial charge in [-0.3, -0.25) is 4.79 Å². The van der Waals surface area contributed by atoms with E-state index in [1.807, 2.05) is 0 Å². The van der Waals surface area contributed by atoms with Gasteiger partial charge in [0.2, 0.25) is 5.91 Å². The van der Waals surface area contributed by atoms with Crippen LogP contribution in [-0.2, 0) is 9.53 Å². The van der Waals surface area contributed by atoms with Gasteiger partial charge >= 0.3 is 0 Å². The van der Waals surface area contributed by atoms with E-state index in [1.165, 1.54) is 25.1 Å². The fourth-order valence-electron chi connectivity index (χ4n) is 4.49. The molecule has 1 aliphatic rings. The van der Waals surface area contributed by atoms with Crippen LogP contribution >= 0.6 is 0 Å². The minimum atomic E-state index is -0.885. The molecule has 2 N–H and O–H groups in total. The normalized spacial score (nSPS) is 17.4. The maximum atomic E-state index is 15.3. The molecule has 4 aromatic rings. The largest absolute Gasteiger partial charge is 0.494 e. The van der Waals surface area contributed by atoms with E-state index >= 15 is 8.78 Å². The topological polar surface area (TPSA) is 112 Å². The molecule has 5 rings (SSSR count).